The Labute approximate surface area is 127 Å². The first-order chi connectivity index (χ1) is 10.2. The minimum atomic E-state index is 0.596. The van der Waals surface area contributed by atoms with E-state index in [0.717, 1.165) is 12.8 Å². The van der Waals surface area contributed by atoms with Crippen molar-refractivity contribution in [2.45, 2.75) is 26.7 Å². The molecule has 3 aromatic rings. The van der Waals surface area contributed by atoms with E-state index in [1.54, 1.807) is 0 Å². The number of nitrogens with one attached hydrogen (secondary N) is 1. The lowest BCUT2D eigenvalue weighted by molar-refractivity contribution is 0.572. The number of fused-ring (bicyclic) bond motifs is 1. The summed E-state index contributed by atoms with van der Waals surface area (Å²) in [7, 11) is 0. The first kappa shape index (κ1) is 13.9. The van der Waals surface area contributed by atoms with Crippen molar-refractivity contribution in [2.24, 2.45) is 5.92 Å². The van der Waals surface area contributed by atoms with E-state index < -0.39 is 0 Å². The fraction of sp³-hybridized carbons (Fsp3) is 0.250. The Morgan fingerprint density at radius 1 is 1.00 bits per heavy atom. The molecule has 107 valence electrons. The third-order valence-corrected chi connectivity index (χ3v) is 4.28. The molecule has 1 atom stereocenters. The molecule has 1 heteroatoms. The van der Waals surface area contributed by atoms with Crippen molar-refractivity contribution in [1.29, 1.82) is 0 Å². The van der Waals surface area contributed by atoms with Gasteiger partial charge in [-0.1, -0.05) is 62.4 Å². The summed E-state index contributed by atoms with van der Waals surface area (Å²) >= 11 is 0. The molecule has 0 aliphatic rings. The quantitative estimate of drug-likeness (QED) is 0.660. The molecule has 21 heavy (non-hydrogen) atoms. The highest BCUT2D eigenvalue weighted by molar-refractivity contribution is 5.80. The van der Waals surface area contributed by atoms with Crippen LogP contribution in [0.2, 0.25) is 0 Å². The van der Waals surface area contributed by atoms with E-state index in [4.69, 9.17) is 0 Å². The van der Waals surface area contributed by atoms with Gasteiger partial charge in [0, 0.05) is 11.2 Å². The van der Waals surface area contributed by atoms with Gasteiger partial charge in [0.05, 0.1) is 0 Å². The van der Waals surface area contributed by atoms with E-state index in [0.29, 0.717) is 5.92 Å². The normalized spacial score (nSPS) is 12.9. The van der Waals surface area contributed by atoms with Crippen molar-refractivity contribution >= 4 is 10.9 Å². The summed E-state index contributed by atoms with van der Waals surface area (Å²) in [5.74, 6) is 2.13. The lowest BCUT2D eigenvalue weighted by atomic mass is 9.87. The zero-order valence-electron chi connectivity index (χ0n) is 12.8. The third-order valence-electron chi connectivity index (χ3n) is 4.28. The zero-order chi connectivity index (χ0) is 14.7. The molecule has 3 rings (SSSR count). The molecular weight excluding hydrogens is 254 g/mol. The standard InChI is InChI=1S/C20H22N/c1-15(12-17-8-4-3-5-9-17)16(2)13-19-14-18-10-6-7-11-20(18)21-19/h3-11,14-15,21H,12-13H2,1-2H3. The van der Waals surface area contributed by atoms with Crippen LogP contribution in [0.15, 0.2) is 60.7 Å². The van der Waals surface area contributed by atoms with E-state index in [2.05, 4.69) is 79.5 Å². The average molecular weight is 276 g/mol. The van der Waals surface area contributed by atoms with Gasteiger partial charge >= 0.3 is 0 Å². The first-order valence-electron chi connectivity index (χ1n) is 7.65. The number of benzene rings is 2. The van der Waals surface area contributed by atoms with E-state index in [1.807, 2.05) is 0 Å². The second-order valence-corrected chi connectivity index (χ2v) is 6.00. The summed E-state index contributed by atoms with van der Waals surface area (Å²) in [6.45, 7) is 4.60. The number of aromatic amines is 1. The number of aromatic nitrogens is 1. The fourth-order valence-electron chi connectivity index (χ4n) is 2.85. The van der Waals surface area contributed by atoms with Gasteiger partial charge < -0.3 is 4.98 Å². The zero-order valence-corrected chi connectivity index (χ0v) is 12.8. The van der Waals surface area contributed by atoms with E-state index in [9.17, 15) is 0 Å². The molecule has 0 saturated carbocycles. The Kier molecular flexibility index (Phi) is 4.10. The van der Waals surface area contributed by atoms with Crippen LogP contribution in [-0.2, 0) is 12.8 Å². The molecule has 1 heterocycles. The van der Waals surface area contributed by atoms with Crippen molar-refractivity contribution < 1.29 is 0 Å². The van der Waals surface area contributed by atoms with Crippen molar-refractivity contribution in [3.05, 3.63) is 77.8 Å². The number of hydrogen-bond donors (Lipinski definition) is 1. The molecule has 0 spiro atoms. The lowest BCUT2D eigenvalue weighted by Gasteiger charge is -2.19. The molecule has 0 amide bonds. The molecule has 2 aromatic carbocycles. The molecule has 0 saturated heterocycles. The van der Waals surface area contributed by atoms with Crippen LogP contribution in [0.5, 0.6) is 0 Å². The SMILES string of the molecule is C[C](Cc1cc2ccccc2[nH]1)C(C)Cc1ccccc1. The molecule has 0 aliphatic heterocycles. The highest BCUT2D eigenvalue weighted by Crippen LogP contribution is 2.24. The van der Waals surface area contributed by atoms with Gasteiger partial charge in [0.2, 0.25) is 0 Å². The Balaban J connectivity index is 1.66. The number of para-hydroxylation sites is 1. The summed E-state index contributed by atoms with van der Waals surface area (Å²) in [5.41, 5.74) is 3.96. The lowest BCUT2D eigenvalue weighted by Crippen LogP contribution is -2.11. The Morgan fingerprint density at radius 3 is 2.48 bits per heavy atom. The van der Waals surface area contributed by atoms with Gasteiger partial charge in [-0.25, -0.2) is 0 Å². The highest BCUT2D eigenvalue weighted by Gasteiger charge is 2.15. The summed E-state index contributed by atoms with van der Waals surface area (Å²) in [5, 5.41) is 1.30. The first-order valence-corrected chi connectivity index (χ1v) is 7.65. The van der Waals surface area contributed by atoms with Crippen molar-refractivity contribution in [3.8, 4) is 0 Å². The molecule has 1 nitrogen and oxygen atoms in total. The minimum absolute atomic E-state index is 0.596. The predicted octanol–water partition coefficient (Wildman–Crippen LogP) is 5.18. The Morgan fingerprint density at radius 2 is 1.71 bits per heavy atom. The van der Waals surface area contributed by atoms with Gasteiger partial charge in [-0.3, -0.25) is 0 Å². The number of hydrogen-bond acceptors (Lipinski definition) is 0. The maximum atomic E-state index is 3.52. The average Bonchev–Trinajstić information content (AvgIpc) is 2.90. The summed E-state index contributed by atoms with van der Waals surface area (Å²) in [4.78, 5) is 3.52. The molecule has 0 fully saturated rings. The number of rotatable bonds is 5. The maximum Gasteiger partial charge on any atom is 0.0456 e. The van der Waals surface area contributed by atoms with Crippen LogP contribution in [0, 0.1) is 11.8 Å². The predicted molar refractivity (Wildman–Crippen MR) is 90.2 cm³/mol. The van der Waals surface area contributed by atoms with Crippen molar-refractivity contribution in [2.75, 3.05) is 0 Å². The third kappa shape index (κ3) is 3.36. The summed E-state index contributed by atoms with van der Waals surface area (Å²) < 4.78 is 0. The maximum absolute atomic E-state index is 3.52. The van der Waals surface area contributed by atoms with Crippen molar-refractivity contribution in [3.63, 3.8) is 0 Å². The fourth-order valence-corrected chi connectivity index (χ4v) is 2.85. The van der Waals surface area contributed by atoms with Gasteiger partial charge in [-0.15, -0.1) is 0 Å². The summed E-state index contributed by atoms with van der Waals surface area (Å²) in [6.07, 6.45) is 2.15. The van der Waals surface area contributed by atoms with E-state index in [1.165, 1.54) is 28.1 Å². The van der Waals surface area contributed by atoms with Crippen LogP contribution in [0.3, 0.4) is 0 Å². The molecule has 1 N–H and O–H groups in total. The van der Waals surface area contributed by atoms with Crippen molar-refractivity contribution in [1.82, 2.24) is 4.98 Å². The van der Waals surface area contributed by atoms with E-state index in [-0.39, 0.29) is 0 Å². The van der Waals surface area contributed by atoms with Crippen LogP contribution in [0.4, 0.5) is 0 Å². The monoisotopic (exact) mass is 276 g/mol. The minimum Gasteiger partial charge on any atom is -0.358 e. The smallest absolute Gasteiger partial charge is 0.0456 e. The molecule has 0 aliphatic carbocycles. The van der Waals surface area contributed by atoms with E-state index >= 15 is 0 Å². The largest absolute Gasteiger partial charge is 0.358 e. The Bertz CT molecular complexity index is 663. The van der Waals surface area contributed by atoms with Crippen LogP contribution >= 0.6 is 0 Å². The van der Waals surface area contributed by atoms with Crippen LogP contribution in [0.25, 0.3) is 10.9 Å². The van der Waals surface area contributed by atoms with Gasteiger partial charge in [0.25, 0.3) is 0 Å². The second-order valence-electron chi connectivity index (χ2n) is 6.00. The van der Waals surface area contributed by atoms with Crippen LogP contribution < -0.4 is 0 Å². The molecular formula is C20H22N. The molecule has 1 radical (unpaired) electrons. The van der Waals surface area contributed by atoms with Gasteiger partial charge in [-0.2, -0.15) is 0 Å². The van der Waals surface area contributed by atoms with Gasteiger partial charge in [0.15, 0.2) is 0 Å². The number of H-pyrrole nitrogens is 1. The van der Waals surface area contributed by atoms with Gasteiger partial charge in [-0.05, 0) is 47.8 Å². The van der Waals surface area contributed by atoms with Crippen LogP contribution in [-0.4, -0.2) is 4.98 Å². The molecule has 0 bridgehead atoms. The molecule has 1 aromatic heterocycles. The van der Waals surface area contributed by atoms with Crippen LogP contribution in [0.1, 0.15) is 25.1 Å². The summed E-state index contributed by atoms with van der Waals surface area (Å²) in [6, 6.07) is 21.5. The highest BCUT2D eigenvalue weighted by atomic mass is 14.7. The van der Waals surface area contributed by atoms with Gasteiger partial charge in [0.1, 0.15) is 0 Å². The topological polar surface area (TPSA) is 15.8 Å². The molecule has 1 unspecified atom stereocenters. The second kappa shape index (κ2) is 6.17. The Hall–Kier alpha value is -2.02.